The van der Waals surface area contributed by atoms with E-state index in [9.17, 15) is 9.59 Å². The smallest absolute Gasteiger partial charge is 0.232 e. The van der Waals surface area contributed by atoms with Gasteiger partial charge in [-0.3, -0.25) is 9.59 Å². The van der Waals surface area contributed by atoms with Gasteiger partial charge in [0, 0.05) is 0 Å². The van der Waals surface area contributed by atoms with Gasteiger partial charge in [-0.1, -0.05) is 23.1 Å². The van der Waals surface area contributed by atoms with Crippen LogP contribution in [0.1, 0.15) is 44.3 Å². The summed E-state index contributed by atoms with van der Waals surface area (Å²) in [5.74, 6) is 3.18. The number of aromatic nitrogens is 2. The van der Waals surface area contributed by atoms with Crippen LogP contribution in [0, 0.1) is 23.2 Å². The van der Waals surface area contributed by atoms with E-state index in [0.717, 1.165) is 37.0 Å². The lowest BCUT2D eigenvalue weighted by atomic mass is 9.49. The molecule has 4 bridgehead atoms. The number of hydrogen-bond donors (Lipinski definition) is 2. The van der Waals surface area contributed by atoms with Gasteiger partial charge in [-0.15, -0.1) is 10.2 Å². The van der Waals surface area contributed by atoms with Gasteiger partial charge in [0.1, 0.15) is 5.76 Å². The first-order valence-corrected chi connectivity index (χ1v) is 11.9. The number of nitrogens with zero attached hydrogens (tertiary/aromatic N) is 2. The van der Waals surface area contributed by atoms with E-state index in [-0.39, 0.29) is 23.0 Å². The zero-order chi connectivity index (χ0) is 19.8. The normalized spacial score (nSPS) is 29.7. The van der Waals surface area contributed by atoms with Crippen LogP contribution in [0.15, 0.2) is 27.2 Å². The molecule has 4 aliphatic rings. The van der Waals surface area contributed by atoms with Crippen LogP contribution >= 0.6 is 23.1 Å². The van der Waals surface area contributed by atoms with Gasteiger partial charge < -0.3 is 15.1 Å². The Labute approximate surface area is 177 Å². The molecule has 0 spiro atoms. The van der Waals surface area contributed by atoms with Crippen molar-refractivity contribution in [3.05, 3.63) is 24.2 Å². The Morgan fingerprint density at radius 2 is 1.90 bits per heavy atom. The molecule has 0 aliphatic heterocycles. The summed E-state index contributed by atoms with van der Waals surface area (Å²) in [6.07, 6.45) is 8.61. The van der Waals surface area contributed by atoms with E-state index in [2.05, 4.69) is 20.8 Å². The van der Waals surface area contributed by atoms with Gasteiger partial charge in [0.15, 0.2) is 4.34 Å². The van der Waals surface area contributed by atoms with Crippen LogP contribution in [-0.4, -0.2) is 27.8 Å². The lowest BCUT2D eigenvalue weighted by Gasteiger charge is -2.55. The molecule has 0 unspecified atom stereocenters. The third-order valence-corrected chi connectivity index (χ3v) is 8.49. The summed E-state index contributed by atoms with van der Waals surface area (Å²) in [5.41, 5.74) is -0.195. The van der Waals surface area contributed by atoms with Crippen molar-refractivity contribution in [2.24, 2.45) is 23.2 Å². The lowest BCUT2D eigenvalue weighted by molar-refractivity contribution is -0.140. The summed E-state index contributed by atoms with van der Waals surface area (Å²) in [6.45, 7) is 0.370. The van der Waals surface area contributed by atoms with Crippen molar-refractivity contribution in [1.29, 1.82) is 0 Å². The maximum absolute atomic E-state index is 13.1. The molecule has 2 aromatic rings. The predicted octanol–water partition coefficient (Wildman–Crippen LogP) is 3.69. The number of carbonyl (C=O) groups excluding carboxylic acids is 2. The van der Waals surface area contributed by atoms with Crippen molar-refractivity contribution >= 4 is 40.0 Å². The third-order valence-electron chi connectivity index (χ3n) is 6.51. The summed E-state index contributed by atoms with van der Waals surface area (Å²) < 4.78 is 5.87. The van der Waals surface area contributed by atoms with E-state index in [1.807, 2.05) is 6.07 Å². The summed E-state index contributed by atoms with van der Waals surface area (Å²) in [5, 5.41) is 14.6. The molecule has 0 radical (unpaired) electrons. The van der Waals surface area contributed by atoms with Crippen LogP contribution in [-0.2, 0) is 16.1 Å². The fourth-order valence-corrected chi connectivity index (χ4v) is 7.29. The third kappa shape index (κ3) is 4.07. The van der Waals surface area contributed by atoms with Gasteiger partial charge in [-0.25, -0.2) is 0 Å². The van der Waals surface area contributed by atoms with Crippen molar-refractivity contribution in [1.82, 2.24) is 15.5 Å². The Balaban J connectivity index is 1.13. The Bertz CT molecular complexity index is 860. The Morgan fingerprint density at radius 3 is 2.55 bits per heavy atom. The number of amides is 2. The second-order valence-electron chi connectivity index (χ2n) is 8.67. The van der Waals surface area contributed by atoms with Gasteiger partial charge in [-0.05, 0) is 68.4 Å². The number of hydrogen-bond acceptors (Lipinski definition) is 7. The zero-order valence-electron chi connectivity index (χ0n) is 16.1. The maximum Gasteiger partial charge on any atom is 0.232 e. The van der Waals surface area contributed by atoms with E-state index < -0.39 is 0 Å². The Morgan fingerprint density at radius 1 is 1.17 bits per heavy atom. The van der Waals surface area contributed by atoms with E-state index >= 15 is 0 Å². The lowest BCUT2D eigenvalue weighted by Crippen LogP contribution is -2.51. The minimum atomic E-state index is -0.195. The van der Waals surface area contributed by atoms with Crippen LogP contribution in [0.3, 0.4) is 0 Å². The molecule has 2 aromatic heterocycles. The summed E-state index contributed by atoms with van der Waals surface area (Å²) >= 11 is 2.66. The zero-order valence-corrected chi connectivity index (χ0v) is 17.7. The monoisotopic (exact) mass is 432 g/mol. The van der Waals surface area contributed by atoms with Crippen molar-refractivity contribution in [3.8, 4) is 0 Å². The minimum Gasteiger partial charge on any atom is -0.467 e. The van der Waals surface area contributed by atoms with Gasteiger partial charge in [0.25, 0.3) is 0 Å². The van der Waals surface area contributed by atoms with E-state index in [4.69, 9.17) is 4.42 Å². The largest absolute Gasteiger partial charge is 0.467 e. The highest BCUT2D eigenvalue weighted by molar-refractivity contribution is 8.01. The topological polar surface area (TPSA) is 97.1 Å². The number of carbonyl (C=O) groups is 2. The van der Waals surface area contributed by atoms with Gasteiger partial charge in [0.2, 0.25) is 16.9 Å². The van der Waals surface area contributed by atoms with E-state index in [1.54, 1.807) is 12.3 Å². The van der Waals surface area contributed by atoms with Crippen LogP contribution in [0.5, 0.6) is 0 Å². The number of furan rings is 1. The quantitative estimate of drug-likeness (QED) is 0.512. The van der Waals surface area contributed by atoms with E-state index in [0.29, 0.717) is 21.8 Å². The van der Waals surface area contributed by atoms with E-state index in [1.165, 1.54) is 42.4 Å². The highest BCUT2D eigenvalue weighted by atomic mass is 32.2. The van der Waals surface area contributed by atoms with Gasteiger partial charge in [-0.2, -0.15) is 0 Å². The molecule has 4 fully saturated rings. The standard InChI is InChI=1S/C20H24N4O3S2/c25-16(21-10-15-2-1-3-27-15)11-28-19-24-23-18(29-19)22-17(26)20-7-12-4-13(8-20)6-14(5-12)9-20/h1-3,12-14H,4-11H2,(H,21,25)(H,22,23,26). The molecule has 4 saturated carbocycles. The first-order valence-electron chi connectivity index (χ1n) is 10.1. The molecule has 9 heteroatoms. The fraction of sp³-hybridized carbons (Fsp3) is 0.600. The van der Waals surface area contributed by atoms with Crippen molar-refractivity contribution in [3.63, 3.8) is 0 Å². The second kappa shape index (κ2) is 7.75. The first kappa shape index (κ1) is 19.1. The number of rotatable bonds is 7. The van der Waals surface area contributed by atoms with Crippen LogP contribution in [0.4, 0.5) is 5.13 Å². The van der Waals surface area contributed by atoms with Crippen molar-refractivity contribution < 1.29 is 14.0 Å². The molecular formula is C20H24N4O3S2. The summed E-state index contributed by atoms with van der Waals surface area (Å²) in [4.78, 5) is 25.1. The van der Waals surface area contributed by atoms with Gasteiger partial charge >= 0.3 is 0 Å². The fourth-order valence-electron chi connectivity index (χ4n) is 5.71. The molecule has 2 amide bonds. The average Bonchev–Trinajstić information content (AvgIpc) is 3.35. The molecule has 29 heavy (non-hydrogen) atoms. The molecule has 154 valence electrons. The average molecular weight is 433 g/mol. The predicted molar refractivity (Wildman–Crippen MR) is 110 cm³/mol. The minimum absolute atomic E-state index is 0.0965. The molecule has 0 aromatic carbocycles. The first-order chi connectivity index (χ1) is 14.1. The van der Waals surface area contributed by atoms with Crippen LogP contribution < -0.4 is 10.6 Å². The Kier molecular flexibility index (Phi) is 5.11. The number of anilines is 1. The van der Waals surface area contributed by atoms with Crippen molar-refractivity contribution in [2.75, 3.05) is 11.1 Å². The molecule has 0 atom stereocenters. The van der Waals surface area contributed by atoms with Crippen LogP contribution in [0.2, 0.25) is 0 Å². The Hall–Kier alpha value is -1.87. The summed E-state index contributed by atoms with van der Waals surface area (Å²) in [6, 6.07) is 3.60. The second-order valence-corrected chi connectivity index (χ2v) is 10.9. The highest BCUT2D eigenvalue weighted by Crippen LogP contribution is 2.60. The van der Waals surface area contributed by atoms with Crippen LogP contribution in [0.25, 0.3) is 0 Å². The van der Waals surface area contributed by atoms with Crippen molar-refractivity contribution in [2.45, 2.75) is 49.4 Å². The molecule has 0 saturated heterocycles. The summed E-state index contributed by atoms with van der Waals surface area (Å²) in [7, 11) is 0. The number of nitrogens with one attached hydrogen (secondary N) is 2. The molecule has 2 heterocycles. The number of thioether (sulfide) groups is 1. The molecular weight excluding hydrogens is 408 g/mol. The highest BCUT2D eigenvalue weighted by Gasteiger charge is 2.54. The SMILES string of the molecule is O=C(CSc1nnc(NC(=O)C23CC4CC(CC(C4)C2)C3)s1)NCc1ccco1. The molecule has 2 N–H and O–H groups in total. The van der Waals surface area contributed by atoms with Gasteiger partial charge in [0.05, 0.1) is 24.0 Å². The molecule has 4 aliphatic carbocycles. The maximum atomic E-state index is 13.1. The molecule has 6 rings (SSSR count). The molecule has 7 nitrogen and oxygen atoms in total.